The van der Waals surface area contributed by atoms with Crippen molar-refractivity contribution in [1.29, 1.82) is 0 Å². The van der Waals surface area contributed by atoms with E-state index in [9.17, 15) is 4.79 Å². The third-order valence-electron chi connectivity index (χ3n) is 2.27. The molecule has 94 valence electrons. The van der Waals surface area contributed by atoms with Crippen LogP contribution in [0.5, 0.6) is 0 Å². The predicted molar refractivity (Wildman–Crippen MR) is 73.7 cm³/mol. The largest absolute Gasteiger partial charge is 0.384 e. The number of anilines is 2. The highest BCUT2D eigenvalue weighted by Crippen LogP contribution is 2.25. The first kappa shape index (κ1) is 13.8. The maximum atomic E-state index is 11.3. The van der Waals surface area contributed by atoms with E-state index in [0.717, 1.165) is 17.9 Å². The first-order valence-corrected chi connectivity index (χ1v) is 6.24. The lowest BCUT2D eigenvalue weighted by molar-refractivity contribution is -0.115. The summed E-state index contributed by atoms with van der Waals surface area (Å²) < 4.78 is 0. The lowest BCUT2D eigenvalue weighted by Crippen LogP contribution is -2.11. The number of benzene rings is 1. The van der Waals surface area contributed by atoms with Crippen molar-refractivity contribution in [1.82, 2.24) is 0 Å². The number of hydrogen-bond donors (Lipinski definition) is 2. The van der Waals surface area contributed by atoms with Gasteiger partial charge in [-0.15, -0.1) is 0 Å². The molecule has 1 aromatic rings. The normalized spacial score (nSPS) is 10.4. The van der Waals surface area contributed by atoms with Gasteiger partial charge in [0.2, 0.25) is 5.91 Å². The van der Waals surface area contributed by atoms with Crippen LogP contribution in [0.1, 0.15) is 27.2 Å². The fourth-order valence-corrected chi connectivity index (χ4v) is 1.49. The van der Waals surface area contributed by atoms with E-state index in [2.05, 4.69) is 24.5 Å². The molecule has 1 rings (SSSR count). The molecule has 0 saturated heterocycles. The van der Waals surface area contributed by atoms with Crippen LogP contribution >= 0.6 is 11.6 Å². The van der Waals surface area contributed by atoms with Crippen LogP contribution in [0, 0.1) is 5.92 Å². The Morgan fingerprint density at radius 1 is 1.41 bits per heavy atom. The van der Waals surface area contributed by atoms with Crippen molar-refractivity contribution in [2.45, 2.75) is 27.2 Å². The van der Waals surface area contributed by atoms with E-state index in [4.69, 9.17) is 11.6 Å². The molecule has 0 unspecified atom stereocenters. The summed E-state index contributed by atoms with van der Waals surface area (Å²) in [5, 5.41) is 6.74. The van der Waals surface area contributed by atoms with Crippen LogP contribution in [0.25, 0.3) is 0 Å². The van der Waals surface area contributed by atoms with Gasteiger partial charge in [-0.1, -0.05) is 32.4 Å². The molecule has 1 aromatic carbocycles. The molecule has 1 amide bonds. The smallest absolute Gasteiger partial charge is 0.224 e. The van der Waals surface area contributed by atoms with E-state index >= 15 is 0 Å². The maximum Gasteiger partial charge on any atom is 0.224 e. The van der Waals surface area contributed by atoms with Crippen molar-refractivity contribution in [3.05, 3.63) is 23.2 Å². The van der Waals surface area contributed by atoms with Gasteiger partial charge in [-0.05, 0) is 24.1 Å². The van der Waals surface area contributed by atoms with E-state index in [1.807, 2.05) is 13.0 Å². The highest BCUT2D eigenvalue weighted by Gasteiger charge is 2.04. The molecule has 0 radical (unpaired) electrons. The Bertz CT molecular complexity index is 391. The van der Waals surface area contributed by atoms with Crippen LogP contribution in [-0.2, 0) is 4.79 Å². The van der Waals surface area contributed by atoms with Gasteiger partial charge in [0.15, 0.2) is 0 Å². The minimum absolute atomic E-state index is 0.00197. The van der Waals surface area contributed by atoms with Gasteiger partial charge in [0.25, 0.3) is 0 Å². The molecular weight excluding hydrogens is 236 g/mol. The fraction of sp³-hybridized carbons (Fsp3) is 0.462. The molecule has 0 saturated carbocycles. The highest BCUT2D eigenvalue weighted by atomic mass is 35.5. The molecule has 0 aliphatic rings. The average molecular weight is 255 g/mol. The molecule has 0 bridgehead atoms. The average Bonchev–Trinajstić information content (AvgIpc) is 2.29. The fourth-order valence-electron chi connectivity index (χ4n) is 1.30. The molecule has 0 fully saturated rings. The van der Waals surface area contributed by atoms with Gasteiger partial charge in [-0.2, -0.15) is 0 Å². The van der Waals surface area contributed by atoms with Crippen molar-refractivity contribution in [2.24, 2.45) is 5.92 Å². The Hall–Kier alpha value is -1.22. The molecule has 2 N–H and O–H groups in total. The molecule has 0 aromatic heterocycles. The molecule has 4 heteroatoms. The molecule has 0 spiro atoms. The Balaban J connectivity index is 2.75. The van der Waals surface area contributed by atoms with Crippen molar-refractivity contribution in [3.8, 4) is 0 Å². The van der Waals surface area contributed by atoms with Crippen LogP contribution in [0.15, 0.2) is 18.2 Å². The summed E-state index contributed by atoms with van der Waals surface area (Å²) in [5.41, 5.74) is 1.63. The minimum Gasteiger partial charge on any atom is -0.384 e. The van der Waals surface area contributed by atoms with Crippen LogP contribution < -0.4 is 10.6 Å². The highest BCUT2D eigenvalue weighted by molar-refractivity contribution is 6.33. The Labute approximate surface area is 108 Å². The van der Waals surface area contributed by atoms with Crippen molar-refractivity contribution < 1.29 is 4.79 Å². The number of carbonyl (C=O) groups is 1. The number of nitrogens with one attached hydrogen (secondary N) is 2. The Morgan fingerprint density at radius 2 is 2.12 bits per heavy atom. The zero-order chi connectivity index (χ0) is 12.8. The summed E-state index contributed by atoms with van der Waals surface area (Å²) in [6.07, 6.45) is 0.470. The van der Waals surface area contributed by atoms with Gasteiger partial charge >= 0.3 is 0 Å². The zero-order valence-electron chi connectivity index (χ0n) is 10.5. The number of rotatable bonds is 5. The zero-order valence-corrected chi connectivity index (χ0v) is 11.3. The molecule has 0 heterocycles. The number of hydrogen-bond acceptors (Lipinski definition) is 2. The molecule has 0 aliphatic heterocycles. The topological polar surface area (TPSA) is 41.1 Å². The quantitative estimate of drug-likeness (QED) is 0.840. The second-order valence-electron chi connectivity index (χ2n) is 4.37. The lowest BCUT2D eigenvalue weighted by atomic mass is 10.2. The Morgan fingerprint density at radius 3 is 2.71 bits per heavy atom. The number of amides is 1. The summed E-state index contributed by atoms with van der Waals surface area (Å²) in [6, 6.07) is 5.45. The SMILES string of the molecule is CCC(=O)Nc1ccc(Cl)c(NCC(C)C)c1. The summed E-state index contributed by atoms with van der Waals surface area (Å²) in [4.78, 5) is 11.3. The van der Waals surface area contributed by atoms with E-state index < -0.39 is 0 Å². The minimum atomic E-state index is 0.00197. The monoisotopic (exact) mass is 254 g/mol. The van der Waals surface area contributed by atoms with Crippen LogP contribution in [-0.4, -0.2) is 12.5 Å². The molecule has 0 aliphatic carbocycles. The van der Waals surface area contributed by atoms with Gasteiger partial charge in [-0.3, -0.25) is 4.79 Å². The Kier molecular flexibility index (Phi) is 5.29. The molecule has 3 nitrogen and oxygen atoms in total. The van der Waals surface area contributed by atoms with Gasteiger partial charge in [0.1, 0.15) is 0 Å². The lowest BCUT2D eigenvalue weighted by Gasteiger charge is -2.12. The summed E-state index contributed by atoms with van der Waals surface area (Å²) in [6.45, 7) is 6.93. The van der Waals surface area contributed by atoms with E-state index in [1.165, 1.54) is 0 Å². The number of carbonyl (C=O) groups excluding carboxylic acids is 1. The second-order valence-corrected chi connectivity index (χ2v) is 4.78. The standard InChI is InChI=1S/C13H19ClN2O/c1-4-13(17)16-10-5-6-11(14)12(7-10)15-8-9(2)3/h5-7,9,15H,4,8H2,1-3H3,(H,16,17). The first-order valence-electron chi connectivity index (χ1n) is 5.86. The van der Waals surface area contributed by atoms with Crippen LogP contribution in [0.3, 0.4) is 0 Å². The van der Waals surface area contributed by atoms with Crippen molar-refractivity contribution >= 4 is 28.9 Å². The first-order chi connectivity index (χ1) is 8.02. The van der Waals surface area contributed by atoms with Crippen LogP contribution in [0.2, 0.25) is 5.02 Å². The van der Waals surface area contributed by atoms with Crippen LogP contribution in [0.4, 0.5) is 11.4 Å². The van der Waals surface area contributed by atoms with Crippen molar-refractivity contribution in [2.75, 3.05) is 17.2 Å². The maximum absolute atomic E-state index is 11.3. The number of halogens is 1. The van der Waals surface area contributed by atoms with E-state index in [0.29, 0.717) is 17.4 Å². The third-order valence-corrected chi connectivity index (χ3v) is 2.60. The van der Waals surface area contributed by atoms with E-state index in [-0.39, 0.29) is 5.91 Å². The van der Waals surface area contributed by atoms with E-state index in [1.54, 1.807) is 12.1 Å². The van der Waals surface area contributed by atoms with Gasteiger partial charge < -0.3 is 10.6 Å². The molecule has 0 atom stereocenters. The second kappa shape index (κ2) is 6.50. The molecule has 17 heavy (non-hydrogen) atoms. The van der Waals surface area contributed by atoms with Crippen molar-refractivity contribution in [3.63, 3.8) is 0 Å². The predicted octanol–water partition coefficient (Wildman–Crippen LogP) is 3.76. The van der Waals surface area contributed by atoms with Gasteiger partial charge in [0.05, 0.1) is 10.7 Å². The summed E-state index contributed by atoms with van der Waals surface area (Å²) >= 11 is 6.07. The molecular formula is C13H19ClN2O. The summed E-state index contributed by atoms with van der Waals surface area (Å²) in [5.74, 6) is 0.544. The van der Waals surface area contributed by atoms with Gasteiger partial charge in [0, 0.05) is 18.7 Å². The third kappa shape index (κ3) is 4.65. The van der Waals surface area contributed by atoms with Gasteiger partial charge in [-0.25, -0.2) is 0 Å². The summed E-state index contributed by atoms with van der Waals surface area (Å²) in [7, 11) is 0.